The largest absolute Gasteiger partial charge is 0.338 e. The third-order valence-electron chi connectivity index (χ3n) is 3.90. The monoisotopic (exact) mass is 251 g/mol. The third-order valence-corrected chi connectivity index (χ3v) is 3.90. The van der Waals surface area contributed by atoms with Gasteiger partial charge in [0, 0.05) is 33.0 Å². The van der Waals surface area contributed by atoms with Crippen LogP contribution in [0.15, 0.2) is 5.10 Å². The quantitative estimate of drug-likeness (QED) is 0.744. The van der Waals surface area contributed by atoms with Crippen molar-refractivity contribution >= 4 is 17.5 Å². The molecule has 1 aliphatic heterocycles. The van der Waals surface area contributed by atoms with E-state index in [1.54, 1.807) is 7.05 Å². The zero-order valence-electron chi connectivity index (χ0n) is 11.2. The van der Waals surface area contributed by atoms with Gasteiger partial charge in [0.25, 0.3) is 5.91 Å². The second-order valence-electron chi connectivity index (χ2n) is 5.17. The molecule has 0 saturated heterocycles. The fourth-order valence-corrected chi connectivity index (χ4v) is 2.66. The van der Waals surface area contributed by atoms with Gasteiger partial charge in [0.15, 0.2) is 0 Å². The standard InChI is InChI=1S/C13H21N3O2/c1-15(10-6-4-3-5-7-10)13(18)11-8-9-12(17)16(2)14-11/h10H,3-9H2,1-2H3. The fourth-order valence-electron chi connectivity index (χ4n) is 2.66. The van der Waals surface area contributed by atoms with Gasteiger partial charge >= 0.3 is 0 Å². The highest BCUT2D eigenvalue weighted by Crippen LogP contribution is 2.22. The molecule has 2 aliphatic rings. The number of carbonyl (C=O) groups is 2. The Morgan fingerprint density at radius 3 is 2.56 bits per heavy atom. The number of hydrogen-bond acceptors (Lipinski definition) is 3. The maximum atomic E-state index is 12.3. The van der Waals surface area contributed by atoms with E-state index in [1.165, 1.54) is 24.3 Å². The molecule has 0 bridgehead atoms. The van der Waals surface area contributed by atoms with Gasteiger partial charge in [0.2, 0.25) is 5.91 Å². The van der Waals surface area contributed by atoms with Crippen molar-refractivity contribution in [3.05, 3.63) is 0 Å². The van der Waals surface area contributed by atoms with Crippen LogP contribution in [0.25, 0.3) is 0 Å². The van der Waals surface area contributed by atoms with Crippen molar-refractivity contribution in [2.24, 2.45) is 5.10 Å². The van der Waals surface area contributed by atoms with Crippen LogP contribution in [0.4, 0.5) is 0 Å². The minimum atomic E-state index is -0.0214. The Morgan fingerprint density at radius 2 is 1.94 bits per heavy atom. The highest BCUT2D eigenvalue weighted by Gasteiger charge is 2.28. The van der Waals surface area contributed by atoms with Gasteiger partial charge in [-0.15, -0.1) is 0 Å². The Bertz CT molecular complexity index is 372. The van der Waals surface area contributed by atoms with Crippen LogP contribution in [0, 0.1) is 0 Å². The molecular weight excluding hydrogens is 230 g/mol. The van der Waals surface area contributed by atoms with E-state index in [2.05, 4.69) is 5.10 Å². The van der Waals surface area contributed by atoms with Crippen LogP contribution in [0.1, 0.15) is 44.9 Å². The van der Waals surface area contributed by atoms with Crippen LogP contribution in [0.3, 0.4) is 0 Å². The van der Waals surface area contributed by atoms with Gasteiger partial charge in [-0.05, 0) is 12.8 Å². The summed E-state index contributed by atoms with van der Waals surface area (Å²) < 4.78 is 0. The number of hydrogen-bond donors (Lipinski definition) is 0. The molecule has 1 aliphatic carbocycles. The molecular formula is C13H21N3O2. The number of nitrogens with zero attached hydrogens (tertiary/aromatic N) is 3. The van der Waals surface area contributed by atoms with Gasteiger partial charge in [-0.25, -0.2) is 5.01 Å². The van der Waals surface area contributed by atoms with E-state index in [9.17, 15) is 9.59 Å². The molecule has 0 N–H and O–H groups in total. The minimum absolute atomic E-state index is 0.0127. The Labute approximate surface area is 108 Å². The smallest absolute Gasteiger partial charge is 0.270 e. The van der Waals surface area contributed by atoms with Crippen LogP contribution >= 0.6 is 0 Å². The Kier molecular flexibility index (Phi) is 3.99. The molecule has 0 aromatic rings. The van der Waals surface area contributed by atoms with Crippen molar-refractivity contribution in [3.8, 4) is 0 Å². The van der Waals surface area contributed by atoms with Crippen molar-refractivity contribution in [1.82, 2.24) is 9.91 Å². The SMILES string of the molecule is CN1N=C(C(=O)N(C)C2CCCCC2)CCC1=O. The lowest BCUT2D eigenvalue weighted by Gasteiger charge is -2.32. The molecule has 5 nitrogen and oxygen atoms in total. The fraction of sp³-hybridized carbons (Fsp3) is 0.769. The van der Waals surface area contributed by atoms with Crippen molar-refractivity contribution < 1.29 is 9.59 Å². The van der Waals surface area contributed by atoms with Gasteiger partial charge in [-0.1, -0.05) is 19.3 Å². The minimum Gasteiger partial charge on any atom is -0.338 e. The maximum Gasteiger partial charge on any atom is 0.270 e. The Hall–Kier alpha value is -1.39. The summed E-state index contributed by atoms with van der Waals surface area (Å²) >= 11 is 0. The van der Waals surface area contributed by atoms with Crippen LogP contribution < -0.4 is 0 Å². The molecule has 0 aromatic heterocycles. The van der Waals surface area contributed by atoms with Gasteiger partial charge in [0.05, 0.1) is 0 Å². The van der Waals surface area contributed by atoms with Crippen molar-refractivity contribution in [3.63, 3.8) is 0 Å². The Balaban J connectivity index is 2.02. The first-order chi connectivity index (χ1) is 8.59. The zero-order valence-corrected chi connectivity index (χ0v) is 11.2. The molecule has 1 saturated carbocycles. The highest BCUT2D eigenvalue weighted by molar-refractivity contribution is 6.39. The number of hydrazone groups is 1. The molecule has 0 spiro atoms. The van der Waals surface area contributed by atoms with Crippen molar-refractivity contribution in [2.45, 2.75) is 51.0 Å². The van der Waals surface area contributed by atoms with E-state index in [0.29, 0.717) is 24.6 Å². The second-order valence-corrected chi connectivity index (χ2v) is 5.17. The average Bonchev–Trinajstić information content (AvgIpc) is 2.41. The summed E-state index contributed by atoms with van der Waals surface area (Å²) in [6.07, 6.45) is 6.71. The second kappa shape index (κ2) is 5.50. The van der Waals surface area contributed by atoms with Crippen LogP contribution in [0.5, 0.6) is 0 Å². The first-order valence-electron chi connectivity index (χ1n) is 6.71. The highest BCUT2D eigenvalue weighted by atomic mass is 16.2. The average molecular weight is 251 g/mol. The molecule has 0 radical (unpaired) electrons. The maximum absolute atomic E-state index is 12.3. The number of carbonyl (C=O) groups excluding carboxylic acids is 2. The van der Waals surface area contributed by atoms with Gasteiger partial charge in [-0.2, -0.15) is 5.10 Å². The summed E-state index contributed by atoms with van der Waals surface area (Å²) in [5.74, 6) is -0.0341. The van der Waals surface area contributed by atoms with E-state index in [-0.39, 0.29) is 11.8 Å². The van der Waals surface area contributed by atoms with Gasteiger partial charge in [0.1, 0.15) is 5.71 Å². The summed E-state index contributed by atoms with van der Waals surface area (Å²) in [7, 11) is 3.46. The van der Waals surface area contributed by atoms with Crippen molar-refractivity contribution in [1.29, 1.82) is 0 Å². The first kappa shape index (κ1) is 13.1. The molecule has 1 heterocycles. The van der Waals surface area contributed by atoms with E-state index < -0.39 is 0 Å². The predicted molar refractivity (Wildman–Crippen MR) is 69.1 cm³/mol. The summed E-state index contributed by atoms with van der Waals surface area (Å²) in [6.45, 7) is 0. The molecule has 0 atom stereocenters. The predicted octanol–water partition coefficient (Wildman–Crippen LogP) is 1.39. The summed E-state index contributed by atoms with van der Waals surface area (Å²) in [4.78, 5) is 25.5. The number of amides is 2. The normalized spacial score (nSPS) is 21.8. The van der Waals surface area contributed by atoms with E-state index in [0.717, 1.165) is 12.8 Å². The van der Waals surface area contributed by atoms with Crippen molar-refractivity contribution in [2.75, 3.05) is 14.1 Å². The molecule has 2 rings (SSSR count). The molecule has 18 heavy (non-hydrogen) atoms. The number of rotatable bonds is 2. The molecule has 0 unspecified atom stereocenters. The molecule has 1 fully saturated rings. The Morgan fingerprint density at radius 1 is 1.28 bits per heavy atom. The van der Waals surface area contributed by atoms with Crippen LogP contribution in [-0.4, -0.2) is 47.6 Å². The molecule has 100 valence electrons. The lowest BCUT2D eigenvalue weighted by molar-refractivity contribution is -0.130. The lowest BCUT2D eigenvalue weighted by Crippen LogP contribution is -2.44. The van der Waals surface area contributed by atoms with E-state index in [1.807, 2.05) is 11.9 Å². The summed E-state index contributed by atoms with van der Waals surface area (Å²) in [5.41, 5.74) is 0.519. The molecule has 0 aromatic carbocycles. The van der Waals surface area contributed by atoms with E-state index in [4.69, 9.17) is 0 Å². The third kappa shape index (κ3) is 2.71. The molecule has 5 heteroatoms. The summed E-state index contributed by atoms with van der Waals surface area (Å²) in [6, 6.07) is 0.344. The first-order valence-corrected chi connectivity index (χ1v) is 6.71. The van der Waals surface area contributed by atoms with Gasteiger partial charge in [-0.3, -0.25) is 9.59 Å². The summed E-state index contributed by atoms with van der Waals surface area (Å²) in [5, 5.41) is 5.37. The van der Waals surface area contributed by atoms with Gasteiger partial charge < -0.3 is 4.90 Å². The van der Waals surface area contributed by atoms with E-state index >= 15 is 0 Å². The van der Waals surface area contributed by atoms with Crippen LogP contribution in [0.2, 0.25) is 0 Å². The van der Waals surface area contributed by atoms with Crippen LogP contribution in [-0.2, 0) is 9.59 Å². The lowest BCUT2D eigenvalue weighted by atomic mass is 9.94. The molecule has 2 amide bonds. The zero-order chi connectivity index (χ0) is 13.1. The topological polar surface area (TPSA) is 53.0 Å².